The van der Waals surface area contributed by atoms with Gasteiger partial charge in [0.25, 0.3) is 5.91 Å². The van der Waals surface area contributed by atoms with Crippen molar-refractivity contribution in [2.24, 2.45) is 0 Å². The van der Waals surface area contributed by atoms with E-state index in [1.165, 1.54) is 13.8 Å². The van der Waals surface area contributed by atoms with Crippen molar-refractivity contribution in [3.63, 3.8) is 0 Å². The zero-order valence-electron chi connectivity index (χ0n) is 23.1. The van der Waals surface area contributed by atoms with E-state index in [9.17, 15) is 23.1 Å². The molecule has 41 heavy (non-hydrogen) atoms. The van der Waals surface area contributed by atoms with Crippen LogP contribution in [0, 0.1) is 5.82 Å². The van der Waals surface area contributed by atoms with Gasteiger partial charge in [0.1, 0.15) is 17.5 Å². The SMILES string of the molecule is CC(C)(O)Cn1nnc(-c2cc3c(cc2F)S(=O)(=O)C[C@H](NC(=O)OC(C)(C)C)C(=O)N3Cc2ccc(Cl)cc2)n1. The number of aromatic nitrogens is 4. The van der Waals surface area contributed by atoms with Crippen LogP contribution < -0.4 is 10.2 Å². The van der Waals surface area contributed by atoms with E-state index in [2.05, 4.69) is 20.7 Å². The lowest BCUT2D eigenvalue weighted by Crippen LogP contribution is -2.51. The Morgan fingerprint density at radius 2 is 1.85 bits per heavy atom. The molecule has 0 radical (unpaired) electrons. The van der Waals surface area contributed by atoms with Gasteiger partial charge in [0.2, 0.25) is 5.82 Å². The Morgan fingerprint density at radius 3 is 2.46 bits per heavy atom. The first-order valence-corrected chi connectivity index (χ1v) is 14.6. The van der Waals surface area contributed by atoms with E-state index < -0.39 is 55.5 Å². The Hall–Kier alpha value is -3.62. The molecule has 2 N–H and O–H groups in total. The highest BCUT2D eigenvalue weighted by Gasteiger charge is 2.40. The summed E-state index contributed by atoms with van der Waals surface area (Å²) in [5.74, 6) is -2.73. The van der Waals surface area contributed by atoms with E-state index in [0.29, 0.717) is 10.6 Å². The number of hydrogen-bond acceptors (Lipinski definition) is 9. The quantitative estimate of drug-likeness (QED) is 0.429. The maximum absolute atomic E-state index is 15.4. The van der Waals surface area contributed by atoms with Crippen LogP contribution in [-0.4, -0.2) is 68.7 Å². The van der Waals surface area contributed by atoms with Gasteiger partial charge in [-0.3, -0.25) is 4.79 Å². The highest BCUT2D eigenvalue weighted by Crippen LogP contribution is 2.36. The predicted octanol–water partition coefficient (Wildman–Crippen LogP) is 3.12. The first kappa shape index (κ1) is 30.3. The fourth-order valence-electron chi connectivity index (χ4n) is 4.12. The molecule has 0 saturated heterocycles. The summed E-state index contributed by atoms with van der Waals surface area (Å²) < 4.78 is 47.7. The van der Waals surface area contributed by atoms with E-state index in [0.717, 1.165) is 21.8 Å². The molecule has 1 aliphatic heterocycles. The number of benzene rings is 2. The number of halogens is 2. The molecule has 1 aliphatic rings. The minimum absolute atomic E-state index is 0.0415. The standard InChI is InChI=1S/C26H30ClFN6O6S/c1-25(2,3)40-24(36)29-19-13-41(38,39)21-11-18(28)17(22-30-32-34(31-22)14-26(4,5)37)10-20(21)33(23(19)35)12-15-6-8-16(27)9-7-15/h6-11,19,37H,12-14H2,1-5H3,(H,29,36)/t19-/m0/s1. The van der Waals surface area contributed by atoms with Crippen LogP contribution in [0.15, 0.2) is 41.3 Å². The molecule has 2 amide bonds. The maximum Gasteiger partial charge on any atom is 0.408 e. The molecule has 0 fully saturated rings. The Morgan fingerprint density at radius 1 is 1.20 bits per heavy atom. The van der Waals surface area contributed by atoms with Crippen molar-refractivity contribution >= 4 is 39.1 Å². The highest BCUT2D eigenvalue weighted by molar-refractivity contribution is 7.91. The second-order valence-corrected chi connectivity index (χ2v) is 13.7. The van der Waals surface area contributed by atoms with Gasteiger partial charge >= 0.3 is 6.09 Å². The molecule has 1 atom stereocenters. The number of aliphatic hydroxyl groups is 1. The molecule has 1 aromatic heterocycles. The van der Waals surface area contributed by atoms with Crippen LogP contribution in [-0.2, 0) is 32.5 Å². The van der Waals surface area contributed by atoms with Crippen molar-refractivity contribution in [1.82, 2.24) is 25.5 Å². The minimum atomic E-state index is -4.31. The number of tetrazole rings is 1. The van der Waals surface area contributed by atoms with Crippen molar-refractivity contribution in [2.75, 3.05) is 10.7 Å². The third-order valence-electron chi connectivity index (χ3n) is 5.79. The molecule has 0 unspecified atom stereocenters. The van der Waals surface area contributed by atoms with Crippen LogP contribution in [0.2, 0.25) is 5.02 Å². The molecule has 0 spiro atoms. The molecule has 3 aromatic rings. The lowest BCUT2D eigenvalue weighted by molar-refractivity contribution is -0.120. The van der Waals surface area contributed by atoms with Crippen molar-refractivity contribution in [2.45, 2.75) is 69.8 Å². The summed E-state index contributed by atoms with van der Waals surface area (Å²) in [7, 11) is -4.31. The lowest BCUT2D eigenvalue weighted by atomic mass is 10.1. The fourth-order valence-corrected chi connectivity index (χ4v) is 5.86. The number of fused-ring (bicyclic) bond motifs is 1. The van der Waals surface area contributed by atoms with Gasteiger partial charge in [-0.05, 0) is 69.7 Å². The number of ether oxygens (including phenoxy) is 1. The van der Waals surface area contributed by atoms with Crippen LogP contribution in [0.4, 0.5) is 14.9 Å². The average Bonchev–Trinajstić information content (AvgIpc) is 3.25. The number of nitrogens with one attached hydrogen (secondary N) is 1. The molecular formula is C26H30ClFN6O6S. The summed E-state index contributed by atoms with van der Waals surface area (Å²) >= 11 is 6.01. The first-order chi connectivity index (χ1) is 18.9. The van der Waals surface area contributed by atoms with E-state index in [-0.39, 0.29) is 30.2 Å². The summed E-state index contributed by atoms with van der Waals surface area (Å²) in [6.45, 7) is 7.76. The maximum atomic E-state index is 15.4. The third-order valence-corrected chi connectivity index (χ3v) is 7.81. The number of carbonyl (C=O) groups is 2. The number of rotatable bonds is 6. The van der Waals surface area contributed by atoms with Crippen molar-refractivity contribution in [3.05, 3.63) is 52.8 Å². The molecular weight excluding hydrogens is 579 g/mol. The van der Waals surface area contributed by atoms with E-state index >= 15 is 4.39 Å². The number of anilines is 1. The molecule has 4 rings (SSSR count). The van der Waals surface area contributed by atoms with Gasteiger partial charge in [-0.2, -0.15) is 4.80 Å². The lowest BCUT2D eigenvalue weighted by Gasteiger charge is -2.27. The summed E-state index contributed by atoms with van der Waals surface area (Å²) in [6.07, 6.45) is -0.983. The van der Waals surface area contributed by atoms with Crippen LogP contribution in [0.5, 0.6) is 0 Å². The van der Waals surface area contributed by atoms with Crippen LogP contribution in [0.1, 0.15) is 40.2 Å². The smallest absolute Gasteiger partial charge is 0.408 e. The Labute approximate surface area is 241 Å². The normalized spacial score (nSPS) is 17.1. The largest absolute Gasteiger partial charge is 0.444 e. The molecule has 0 aliphatic carbocycles. The molecule has 0 saturated carbocycles. The topological polar surface area (TPSA) is 157 Å². The van der Waals surface area contributed by atoms with Crippen LogP contribution in [0.3, 0.4) is 0 Å². The molecule has 0 bridgehead atoms. The predicted molar refractivity (Wildman–Crippen MR) is 147 cm³/mol. The summed E-state index contributed by atoms with van der Waals surface area (Å²) in [4.78, 5) is 28.2. The molecule has 2 heterocycles. The number of nitrogens with zero attached hydrogens (tertiary/aromatic N) is 5. The summed E-state index contributed by atoms with van der Waals surface area (Å²) in [6, 6.07) is 6.94. The second-order valence-electron chi connectivity index (χ2n) is 11.3. The van der Waals surface area contributed by atoms with Gasteiger partial charge in [-0.1, -0.05) is 23.7 Å². The minimum Gasteiger partial charge on any atom is -0.444 e. The number of carbonyl (C=O) groups excluding carboxylic acids is 2. The molecule has 220 valence electrons. The van der Waals surface area contributed by atoms with Crippen molar-refractivity contribution in [1.29, 1.82) is 0 Å². The Kier molecular flexibility index (Phi) is 8.13. The van der Waals surface area contributed by atoms with Gasteiger partial charge in [0, 0.05) is 5.02 Å². The van der Waals surface area contributed by atoms with Gasteiger partial charge in [-0.15, -0.1) is 10.2 Å². The number of sulfone groups is 1. The first-order valence-electron chi connectivity index (χ1n) is 12.5. The van der Waals surface area contributed by atoms with Gasteiger partial charge < -0.3 is 20.1 Å². The molecule has 12 nitrogen and oxygen atoms in total. The fraction of sp³-hybridized carbons (Fsp3) is 0.423. The van der Waals surface area contributed by atoms with E-state index in [4.69, 9.17) is 16.3 Å². The van der Waals surface area contributed by atoms with Gasteiger partial charge in [0.15, 0.2) is 9.84 Å². The van der Waals surface area contributed by atoms with Crippen LogP contribution >= 0.6 is 11.6 Å². The summed E-state index contributed by atoms with van der Waals surface area (Å²) in [5.41, 5.74) is -1.85. The average molecular weight is 609 g/mol. The molecule has 15 heteroatoms. The monoisotopic (exact) mass is 608 g/mol. The summed E-state index contributed by atoms with van der Waals surface area (Å²) in [5, 5.41) is 24.7. The van der Waals surface area contributed by atoms with Crippen LogP contribution in [0.25, 0.3) is 11.4 Å². The van der Waals surface area contributed by atoms with Gasteiger partial charge in [-0.25, -0.2) is 17.6 Å². The van der Waals surface area contributed by atoms with E-state index in [1.807, 2.05) is 0 Å². The van der Waals surface area contributed by atoms with Gasteiger partial charge in [0.05, 0.1) is 40.6 Å². The second kappa shape index (κ2) is 11.0. The molecule has 2 aromatic carbocycles. The Bertz CT molecular complexity index is 1580. The number of hydrogen-bond donors (Lipinski definition) is 2. The number of alkyl carbamates (subject to hydrolysis) is 1. The van der Waals surface area contributed by atoms with Crippen molar-refractivity contribution in [3.8, 4) is 11.4 Å². The third kappa shape index (κ3) is 7.37. The number of amides is 2. The van der Waals surface area contributed by atoms with Crippen molar-refractivity contribution < 1.29 is 32.2 Å². The van der Waals surface area contributed by atoms with E-state index in [1.54, 1.807) is 45.0 Å². The zero-order valence-corrected chi connectivity index (χ0v) is 24.6. The highest BCUT2D eigenvalue weighted by atomic mass is 35.5. The Balaban J connectivity index is 1.83. The zero-order chi connectivity index (χ0) is 30.3.